The summed E-state index contributed by atoms with van der Waals surface area (Å²) in [6.45, 7) is 0.439. The number of fused-ring (bicyclic) bond motifs is 4. The number of para-hydroxylation sites is 3. The van der Waals surface area contributed by atoms with Crippen LogP contribution in [0.2, 0.25) is 0 Å². The highest BCUT2D eigenvalue weighted by molar-refractivity contribution is 6.01. The van der Waals surface area contributed by atoms with E-state index in [-0.39, 0.29) is 30.7 Å². The lowest BCUT2D eigenvalue weighted by atomic mass is 10.2. The van der Waals surface area contributed by atoms with Crippen LogP contribution in [0.15, 0.2) is 64.1 Å². The molecule has 0 saturated heterocycles. The van der Waals surface area contributed by atoms with Crippen molar-refractivity contribution in [3.05, 3.63) is 65.2 Å². The van der Waals surface area contributed by atoms with Crippen LogP contribution in [0.25, 0.3) is 22.1 Å². The Kier molecular flexibility index (Phi) is 4.16. The number of nitrogens with one attached hydrogen (secondary N) is 1. The molecule has 1 amide bonds. The zero-order chi connectivity index (χ0) is 19.8. The molecular formula is C21H17N3O5. The summed E-state index contributed by atoms with van der Waals surface area (Å²) < 4.78 is 18.3. The van der Waals surface area contributed by atoms with E-state index >= 15 is 0 Å². The molecule has 8 nitrogen and oxygen atoms in total. The molecule has 0 fully saturated rings. The molecule has 0 spiro atoms. The van der Waals surface area contributed by atoms with Gasteiger partial charge in [-0.1, -0.05) is 24.3 Å². The van der Waals surface area contributed by atoms with Gasteiger partial charge in [0.2, 0.25) is 11.5 Å². The normalized spacial score (nSPS) is 15.5. The Morgan fingerprint density at radius 2 is 1.93 bits per heavy atom. The highest BCUT2D eigenvalue weighted by Crippen LogP contribution is 2.30. The number of carbonyl (C=O) groups is 1. The minimum Gasteiger partial charge on any atom is -0.486 e. The fraction of sp³-hybridized carbons (Fsp3) is 0.190. The van der Waals surface area contributed by atoms with Crippen molar-refractivity contribution >= 4 is 28.0 Å². The average molecular weight is 391 g/mol. The second-order valence-electron chi connectivity index (χ2n) is 6.76. The van der Waals surface area contributed by atoms with E-state index in [9.17, 15) is 9.59 Å². The monoisotopic (exact) mass is 391 g/mol. The minimum atomic E-state index is -0.396. The molecule has 8 heteroatoms. The van der Waals surface area contributed by atoms with Gasteiger partial charge < -0.3 is 19.2 Å². The molecule has 0 radical (unpaired) electrons. The van der Waals surface area contributed by atoms with E-state index in [1.807, 2.05) is 42.5 Å². The molecule has 29 heavy (non-hydrogen) atoms. The van der Waals surface area contributed by atoms with Crippen molar-refractivity contribution in [3.8, 4) is 11.5 Å². The molecule has 0 aliphatic carbocycles. The lowest BCUT2D eigenvalue weighted by Gasteiger charge is -2.26. The quantitative estimate of drug-likeness (QED) is 0.572. The van der Waals surface area contributed by atoms with Crippen LogP contribution < -0.4 is 20.3 Å². The van der Waals surface area contributed by atoms with Gasteiger partial charge in [0.15, 0.2) is 11.5 Å². The third kappa shape index (κ3) is 3.18. The maximum Gasteiger partial charge on any atom is 0.297 e. The molecule has 4 aromatic rings. The van der Waals surface area contributed by atoms with Gasteiger partial charge in [-0.2, -0.15) is 0 Å². The number of benzene rings is 2. The molecule has 1 aliphatic rings. The average Bonchev–Trinajstić information content (AvgIpc) is 3.14. The smallest absolute Gasteiger partial charge is 0.297 e. The first-order valence-electron chi connectivity index (χ1n) is 9.21. The van der Waals surface area contributed by atoms with Crippen molar-refractivity contribution in [2.75, 3.05) is 13.2 Å². The van der Waals surface area contributed by atoms with Crippen LogP contribution in [0.1, 0.15) is 0 Å². The number of ether oxygens (including phenoxy) is 2. The Labute approximate surface area is 164 Å². The number of hydrogen-bond donors (Lipinski definition) is 1. The lowest BCUT2D eigenvalue weighted by Crippen LogP contribution is -2.42. The molecule has 5 rings (SSSR count). The SMILES string of the molecule is O=C(Cn1cnc2c(oc3ccccc32)c1=O)NC[C@H]1COc2ccccc2O1. The second-order valence-corrected chi connectivity index (χ2v) is 6.76. The zero-order valence-electron chi connectivity index (χ0n) is 15.3. The maximum absolute atomic E-state index is 12.7. The summed E-state index contributed by atoms with van der Waals surface area (Å²) in [4.78, 5) is 29.3. The fourth-order valence-corrected chi connectivity index (χ4v) is 3.33. The third-order valence-electron chi connectivity index (χ3n) is 4.76. The van der Waals surface area contributed by atoms with Crippen LogP contribution in [0.4, 0.5) is 0 Å². The maximum atomic E-state index is 12.7. The highest BCUT2D eigenvalue weighted by atomic mass is 16.6. The van der Waals surface area contributed by atoms with E-state index in [0.717, 1.165) is 5.39 Å². The predicted octanol–water partition coefficient (Wildman–Crippen LogP) is 2.10. The van der Waals surface area contributed by atoms with Crippen LogP contribution in [-0.2, 0) is 11.3 Å². The molecule has 1 N–H and O–H groups in total. The number of furan rings is 1. The van der Waals surface area contributed by atoms with Gasteiger partial charge in [-0.15, -0.1) is 0 Å². The summed E-state index contributed by atoms with van der Waals surface area (Å²) in [5, 5.41) is 3.54. The molecule has 1 aliphatic heterocycles. The Morgan fingerprint density at radius 3 is 2.83 bits per heavy atom. The Balaban J connectivity index is 1.27. The minimum absolute atomic E-state index is 0.141. The predicted molar refractivity (Wildman–Crippen MR) is 105 cm³/mol. The Hall–Kier alpha value is -3.81. The van der Waals surface area contributed by atoms with E-state index < -0.39 is 5.56 Å². The van der Waals surface area contributed by atoms with E-state index in [1.165, 1.54) is 10.9 Å². The summed E-state index contributed by atoms with van der Waals surface area (Å²) in [6, 6.07) is 14.7. The topological polar surface area (TPSA) is 95.6 Å². The van der Waals surface area contributed by atoms with Gasteiger partial charge in [0.1, 0.15) is 30.4 Å². The van der Waals surface area contributed by atoms with Gasteiger partial charge >= 0.3 is 0 Å². The molecule has 0 bridgehead atoms. The van der Waals surface area contributed by atoms with Gasteiger partial charge in [-0.3, -0.25) is 14.2 Å². The van der Waals surface area contributed by atoms with Crippen molar-refractivity contribution in [2.45, 2.75) is 12.6 Å². The molecule has 1 atom stereocenters. The molecule has 146 valence electrons. The molecule has 0 saturated carbocycles. The van der Waals surface area contributed by atoms with Crippen LogP contribution in [0, 0.1) is 0 Å². The summed E-state index contributed by atoms with van der Waals surface area (Å²) >= 11 is 0. The molecule has 3 heterocycles. The first-order chi connectivity index (χ1) is 14.2. The number of hydrogen-bond acceptors (Lipinski definition) is 6. The zero-order valence-corrected chi connectivity index (χ0v) is 15.3. The second kappa shape index (κ2) is 6.97. The Morgan fingerprint density at radius 1 is 1.14 bits per heavy atom. The first kappa shape index (κ1) is 17.3. The fourth-order valence-electron chi connectivity index (χ4n) is 3.33. The number of aromatic nitrogens is 2. The van der Waals surface area contributed by atoms with Crippen molar-refractivity contribution in [1.29, 1.82) is 0 Å². The highest BCUT2D eigenvalue weighted by Gasteiger charge is 2.21. The van der Waals surface area contributed by atoms with Crippen LogP contribution in [0.3, 0.4) is 0 Å². The molecule has 0 unspecified atom stereocenters. The lowest BCUT2D eigenvalue weighted by molar-refractivity contribution is -0.122. The molecular weight excluding hydrogens is 374 g/mol. The standard InChI is InChI=1S/C21H17N3O5/c25-18(22-9-13-11-27-16-7-3-4-8-17(16)28-13)10-24-12-23-19-14-5-1-2-6-15(14)29-20(19)21(24)26/h1-8,12-13H,9-11H2,(H,22,25)/t13-/m0/s1. The summed E-state index contributed by atoms with van der Waals surface area (Å²) in [5.74, 6) is 1.01. The van der Waals surface area contributed by atoms with Gasteiger partial charge in [0.05, 0.1) is 12.9 Å². The van der Waals surface area contributed by atoms with Crippen LogP contribution >= 0.6 is 0 Å². The number of nitrogens with zero attached hydrogens (tertiary/aromatic N) is 2. The van der Waals surface area contributed by atoms with E-state index in [1.54, 1.807) is 6.07 Å². The number of rotatable bonds is 4. The van der Waals surface area contributed by atoms with Crippen molar-refractivity contribution in [1.82, 2.24) is 14.9 Å². The summed E-state index contributed by atoms with van der Waals surface area (Å²) in [6.07, 6.45) is 1.06. The largest absolute Gasteiger partial charge is 0.486 e. The molecule has 2 aromatic carbocycles. The Bertz CT molecular complexity index is 1280. The van der Waals surface area contributed by atoms with Gasteiger partial charge in [0, 0.05) is 5.39 Å². The van der Waals surface area contributed by atoms with Crippen LogP contribution in [-0.4, -0.2) is 34.7 Å². The first-order valence-corrected chi connectivity index (χ1v) is 9.21. The van der Waals surface area contributed by atoms with Gasteiger partial charge in [0.25, 0.3) is 5.56 Å². The third-order valence-corrected chi connectivity index (χ3v) is 4.76. The van der Waals surface area contributed by atoms with Crippen molar-refractivity contribution in [3.63, 3.8) is 0 Å². The van der Waals surface area contributed by atoms with Gasteiger partial charge in [-0.05, 0) is 24.3 Å². The van der Waals surface area contributed by atoms with E-state index in [2.05, 4.69) is 10.3 Å². The summed E-state index contributed by atoms with van der Waals surface area (Å²) in [7, 11) is 0. The van der Waals surface area contributed by atoms with E-state index in [0.29, 0.717) is 29.2 Å². The van der Waals surface area contributed by atoms with Gasteiger partial charge in [-0.25, -0.2) is 4.98 Å². The van der Waals surface area contributed by atoms with E-state index in [4.69, 9.17) is 13.9 Å². The molecule has 2 aromatic heterocycles. The van der Waals surface area contributed by atoms with Crippen molar-refractivity contribution < 1.29 is 18.7 Å². The number of amides is 1. The number of carbonyl (C=O) groups excluding carboxylic acids is 1. The summed E-state index contributed by atoms with van der Waals surface area (Å²) in [5.41, 5.74) is 0.826. The van der Waals surface area contributed by atoms with Crippen LogP contribution in [0.5, 0.6) is 11.5 Å². The van der Waals surface area contributed by atoms with Crippen molar-refractivity contribution in [2.24, 2.45) is 0 Å².